The average Bonchev–Trinajstić information content (AvgIpc) is 4.41. The molecule has 412 valence electrons. The third-order valence-electron chi connectivity index (χ3n) is 12.6. The minimum absolute atomic E-state index is 0. The van der Waals surface area contributed by atoms with E-state index >= 15 is 0 Å². The van der Waals surface area contributed by atoms with Gasteiger partial charge in [-0.25, -0.2) is 19.7 Å². The van der Waals surface area contributed by atoms with Crippen LogP contribution in [-0.4, -0.2) is 79.6 Å². The van der Waals surface area contributed by atoms with E-state index in [0.29, 0.717) is 43.4 Å². The molecule has 0 bridgehead atoms. The Bertz CT molecular complexity index is 3280. The molecule has 0 saturated carbocycles. The van der Waals surface area contributed by atoms with Crippen molar-refractivity contribution in [2.75, 3.05) is 13.2 Å². The van der Waals surface area contributed by atoms with Crippen molar-refractivity contribution in [1.29, 1.82) is 0 Å². The zero-order chi connectivity index (χ0) is 56.3. The Morgan fingerprint density at radius 2 is 1.37 bits per heavy atom. The third-order valence-corrected chi connectivity index (χ3v) is 15.5. The first kappa shape index (κ1) is 67.7. The molecule has 0 radical (unpaired) electrons. The molecule has 1 saturated heterocycles. The fraction of sp³-hybridized carbons (Fsp3) is 0.254. The molecule has 5 aromatic carbocycles. The Morgan fingerprint density at radius 3 is 1.89 bits per heavy atom. The molecule has 5 heterocycles. The summed E-state index contributed by atoms with van der Waals surface area (Å²) in [5.74, 6) is -0.478. The Kier molecular flexibility index (Phi) is 28.9. The molecule has 0 spiro atoms. The summed E-state index contributed by atoms with van der Waals surface area (Å²) in [5, 5.41) is 37.3. The van der Waals surface area contributed by atoms with Gasteiger partial charge in [0.15, 0.2) is 0 Å². The number of cyclic esters (lactones) is 1. The minimum atomic E-state index is -0.890. The van der Waals surface area contributed by atoms with Crippen molar-refractivity contribution < 1.29 is 198 Å². The number of hydrogen-bond donors (Lipinski definition) is 2. The van der Waals surface area contributed by atoms with E-state index in [2.05, 4.69) is 87.5 Å². The maximum Gasteiger partial charge on any atom is 1.00 e. The van der Waals surface area contributed by atoms with Crippen molar-refractivity contribution >= 4 is 64.4 Å². The van der Waals surface area contributed by atoms with Crippen LogP contribution in [0.3, 0.4) is 0 Å². The number of nitrogens with zero attached hydrogens (tertiary/aromatic N) is 5. The number of carbonyl (C=O) groups excluding carboxylic acids is 3. The van der Waals surface area contributed by atoms with Gasteiger partial charge in [0.05, 0.1) is 46.0 Å². The van der Waals surface area contributed by atoms with Crippen LogP contribution in [-0.2, 0) is 47.8 Å². The van der Waals surface area contributed by atoms with Gasteiger partial charge in [-0.1, -0.05) is 125 Å². The number of amides is 2. The summed E-state index contributed by atoms with van der Waals surface area (Å²) in [6, 6.07) is 41.9. The van der Waals surface area contributed by atoms with Crippen LogP contribution in [0.5, 0.6) is 11.5 Å². The van der Waals surface area contributed by atoms with Crippen LogP contribution in [0.4, 0.5) is 4.79 Å². The topological polar surface area (TPSA) is 236 Å². The van der Waals surface area contributed by atoms with E-state index < -0.39 is 12.1 Å². The molecular formula is C59H58ClCs2N5O12S2. The molecule has 2 N–H and O–H groups in total. The molecule has 17 nitrogen and oxygen atoms in total. The summed E-state index contributed by atoms with van der Waals surface area (Å²) in [6.45, 7) is 9.05. The number of phenolic OH excluding ortho intramolecular Hbond substituents is 1. The van der Waals surface area contributed by atoms with Gasteiger partial charge in [-0.15, -0.1) is 34.3 Å². The summed E-state index contributed by atoms with van der Waals surface area (Å²) in [4.78, 5) is 65.8. The molecule has 3 aromatic heterocycles. The number of ether oxygens (including phenoxy) is 2. The number of aromatic nitrogens is 3. The van der Waals surface area contributed by atoms with E-state index in [1.165, 1.54) is 27.9 Å². The first-order chi connectivity index (χ1) is 38.2. The average molecular weight is 1390 g/mol. The number of hydrogen-bond acceptors (Lipinski definition) is 17. The van der Waals surface area contributed by atoms with Crippen molar-refractivity contribution in [3.8, 4) is 32.6 Å². The summed E-state index contributed by atoms with van der Waals surface area (Å²) < 4.78 is 16.0. The monoisotopic (exact) mass is 1390 g/mol. The molecule has 2 aliphatic heterocycles. The molecule has 0 aliphatic carbocycles. The number of carbonyl (C=O) groups is 4. The second kappa shape index (κ2) is 34.6. The number of aryl methyl sites for hydroxylation is 4. The standard InChI is InChI=1S/C24H22N2O4S.C22H22N2O5.C12H12ClNS.CH2O3.2Cs.H/c1-15-3-5-18(6-4-15)24-25-16(2)22(31-24)14-29-19-9-7-17(8-10-19)20(13-23(27)28)21-11-12-30-26-21;25-18-8-6-16(7-9-18)19(20-10-11-29-23-20)13-21(26)24-17(14-28-22(24)27)12-15-4-2-1-3-5-15;1-8-3-5-10(6-4-8)12-14-9(2)11(7-13)15-12;2-1-4-3;;;/h3-12,20H,13-14H2,1-2H3,(H,27,28);1-9,17,19,25H,10-14H2;3-6H,7H2,1-2H3;1,3H;;;/q;;;;2*+1;-1/p-1/t20-;17-,19-;;;;;/m00...../s1. The van der Waals surface area contributed by atoms with E-state index in [9.17, 15) is 24.6 Å². The second-order valence-corrected chi connectivity index (χ2v) is 20.7. The molecule has 8 aromatic rings. The van der Waals surface area contributed by atoms with Crippen molar-refractivity contribution in [2.45, 2.75) is 83.7 Å². The number of thiazole rings is 2. The summed E-state index contributed by atoms with van der Waals surface area (Å²) >= 11 is 9.13. The molecule has 2 aliphatic rings. The molecule has 22 heteroatoms. The summed E-state index contributed by atoms with van der Waals surface area (Å²) in [6.07, 6.45) is 2.03. The van der Waals surface area contributed by atoms with Crippen LogP contribution in [0.2, 0.25) is 0 Å². The predicted molar refractivity (Wildman–Crippen MR) is 299 cm³/mol. The van der Waals surface area contributed by atoms with E-state index in [0.717, 1.165) is 59.1 Å². The Hall–Kier alpha value is -4.13. The number of carboxylic acids is 1. The number of benzene rings is 5. The van der Waals surface area contributed by atoms with Crippen molar-refractivity contribution in [1.82, 2.24) is 20.0 Å². The first-order valence-corrected chi connectivity index (χ1v) is 27.1. The second-order valence-electron chi connectivity index (χ2n) is 18.2. The van der Waals surface area contributed by atoms with Crippen molar-refractivity contribution in [2.24, 2.45) is 5.16 Å². The first-order valence-electron chi connectivity index (χ1n) is 24.9. The van der Waals surface area contributed by atoms with E-state index in [-0.39, 0.29) is 195 Å². The van der Waals surface area contributed by atoms with Crippen LogP contribution in [0.1, 0.15) is 87.2 Å². The third kappa shape index (κ3) is 20.3. The van der Waals surface area contributed by atoms with E-state index in [1.54, 1.807) is 53.0 Å². The van der Waals surface area contributed by atoms with Crippen LogP contribution < -0.4 is 148 Å². The number of aliphatic carboxylic acids is 1. The molecule has 1 fully saturated rings. The fourth-order valence-corrected chi connectivity index (χ4v) is 10.7. The number of rotatable bonds is 17. The molecule has 81 heavy (non-hydrogen) atoms. The van der Waals surface area contributed by atoms with Crippen LogP contribution in [0, 0.1) is 27.7 Å². The van der Waals surface area contributed by atoms with Gasteiger partial charge in [0.25, 0.3) is 6.47 Å². The summed E-state index contributed by atoms with van der Waals surface area (Å²) in [7, 11) is 0. The molecular weight excluding hydrogens is 1340 g/mol. The fourth-order valence-electron chi connectivity index (χ4n) is 8.44. The number of alkyl halides is 1. The predicted octanol–water partition coefficient (Wildman–Crippen LogP) is 5.55. The number of imide groups is 1. The van der Waals surface area contributed by atoms with Gasteiger partial charge in [0, 0.05) is 46.7 Å². The normalized spacial score (nSPS) is 13.8. The molecule has 3 atom stereocenters. The van der Waals surface area contributed by atoms with Gasteiger partial charge >= 0.3 is 150 Å². The van der Waals surface area contributed by atoms with Crippen LogP contribution >= 0.6 is 34.3 Å². The van der Waals surface area contributed by atoms with Crippen LogP contribution in [0.25, 0.3) is 21.1 Å². The van der Waals surface area contributed by atoms with Crippen molar-refractivity contribution in [3.63, 3.8) is 0 Å². The molecule has 0 unspecified atom stereocenters. The van der Waals surface area contributed by atoms with Gasteiger partial charge in [0.1, 0.15) is 47.6 Å². The quantitative estimate of drug-likeness (QED) is 0.0492. The molecule has 10 rings (SSSR count). The minimum Gasteiger partial charge on any atom is -1.00 e. The largest absolute Gasteiger partial charge is 1.00 e. The summed E-state index contributed by atoms with van der Waals surface area (Å²) in [5.41, 5.74) is 10.9. The number of phenols is 1. The van der Waals surface area contributed by atoms with Gasteiger partial charge in [-0.05, 0) is 75.1 Å². The number of oxime groups is 1. The van der Waals surface area contributed by atoms with Gasteiger partial charge in [-0.2, -0.15) is 0 Å². The smallest absolute Gasteiger partial charge is 1.00 e. The maximum absolute atomic E-state index is 13.1. The Labute approximate surface area is 601 Å². The van der Waals surface area contributed by atoms with E-state index in [1.807, 2.05) is 68.4 Å². The zero-order valence-electron chi connectivity index (χ0n) is 46.7. The number of halogens is 1. The zero-order valence-corrected chi connectivity index (χ0v) is 60.6. The van der Waals surface area contributed by atoms with Gasteiger partial charge in [-0.3, -0.25) is 14.4 Å². The Morgan fingerprint density at radius 1 is 0.802 bits per heavy atom. The maximum atomic E-state index is 13.1. The SMILES string of the molecule is Cc1ccc(-c2nc(C)c(CCl)s2)cc1.Cc1ccc(-c2nc(C)c(COc3ccc([C@H](CC(=O)O)c4ccon4)cc3)s2)cc1.O=C(C[C@H](C1=NOCC1)c1ccc(O)cc1)N1C(=O)OC[C@@H]1Cc1ccccc1.O=CO[O-].[Cs+].[Cs+].[H-]. The molecule has 2 amide bonds. The van der Waals surface area contributed by atoms with E-state index in [4.69, 9.17) is 40.5 Å². The Balaban J connectivity index is 0.000000263. The van der Waals surface area contributed by atoms with Gasteiger partial charge < -0.3 is 40.6 Å². The van der Waals surface area contributed by atoms with Crippen LogP contribution in [0.15, 0.2) is 149 Å². The number of carboxylic acid groups (broad SMARTS) is 1. The van der Waals surface area contributed by atoms with Crippen molar-refractivity contribution in [3.05, 3.63) is 194 Å². The van der Waals surface area contributed by atoms with Gasteiger partial charge in [0.2, 0.25) is 5.91 Å². The number of aromatic hydroxyl groups is 1.